The number of nitrogens with zero attached hydrogens (tertiary/aromatic N) is 1. The van der Waals surface area contributed by atoms with E-state index in [9.17, 15) is 4.79 Å². The lowest BCUT2D eigenvalue weighted by molar-refractivity contribution is 0.0914. The van der Waals surface area contributed by atoms with Crippen molar-refractivity contribution in [3.63, 3.8) is 0 Å². The average Bonchev–Trinajstić information content (AvgIpc) is 3.05. The van der Waals surface area contributed by atoms with Crippen LogP contribution in [-0.4, -0.2) is 23.7 Å². The maximum atomic E-state index is 12.2. The van der Waals surface area contributed by atoms with E-state index in [0.717, 1.165) is 5.56 Å². The number of rotatable bonds is 5. The van der Waals surface area contributed by atoms with Gasteiger partial charge in [0.1, 0.15) is 5.75 Å². The van der Waals surface area contributed by atoms with Crippen molar-refractivity contribution in [1.29, 1.82) is 0 Å². The summed E-state index contributed by atoms with van der Waals surface area (Å²) in [6.07, 6.45) is 6.07. The van der Waals surface area contributed by atoms with Crippen molar-refractivity contribution < 1.29 is 14.1 Å². The first-order valence-electron chi connectivity index (χ1n) is 6.92. The number of carbonyl (C=O) groups excluding carboxylic acids is 1. The summed E-state index contributed by atoms with van der Waals surface area (Å²) in [5, 5.41) is 6.58. The average molecular weight is 298 g/mol. The van der Waals surface area contributed by atoms with E-state index in [1.165, 1.54) is 0 Å². The molecule has 1 atom stereocenters. The third-order valence-corrected chi connectivity index (χ3v) is 3.51. The largest absolute Gasteiger partial charge is 0.497 e. The molecule has 0 aliphatic rings. The first-order valence-corrected chi connectivity index (χ1v) is 6.92. The van der Waals surface area contributed by atoms with Crippen LogP contribution in [0.15, 0.2) is 34.9 Å². The van der Waals surface area contributed by atoms with Crippen LogP contribution in [0.1, 0.15) is 30.8 Å². The van der Waals surface area contributed by atoms with Crippen molar-refractivity contribution in [2.75, 3.05) is 7.11 Å². The molecule has 1 amide bonds. The van der Waals surface area contributed by atoms with E-state index in [-0.39, 0.29) is 11.6 Å². The Morgan fingerprint density at radius 1 is 1.50 bits per heavy atom. The molecule has 0 fully saturated rings. The van der Waals surface area contributed by atoms with Gasteiger partial charge in [0.15, 0.2) is 11.5 Å². The van der Waals surface area contributed by atoms with Crippen LogP contribution in [0.3, 0.4) is 0 Å². The highest BCUT2D eigenvalue weighted by Gasteiger charge is 2.24. The van der Waals surface area contributed by atoms with Gasteiger partial charge in [-0.05, 0) is 25.5 Å². The van der Waals surface area contributed by atoms with E-state index in [0.29, 0.717) is 17.9 Å². The number of amides is 1. The van der Waals surface area contributed by atoms with Gasteiger partial charge in [-0.2, -0.15) is 0 Å². The number of hydrogen-bond donors (Lipinski definition) is 1. The summed E-state index contributed by atoms with van der Waals surface area (Å²) in [6, 6.07) is 8.90. The Balaban J connectivity index is 2.21. The summed E-state index contributed by atoms with van der Waals surface area (Å²) in [4.78, 5) is 12.2. The number of terminal acetylenes is 1. The summed E-state index contributed by atoms with van der Waals surface area (Å²) < 4.78 is 10.4. The summed E-state index contributed by atoms with van der Waals surface area (Å²) >= 11 is 0. The number of methoxy groups -OCH3 is 1. The van der Waals surface area contributed by atoms with Gasteiger partial charge < -0.3 is 14.6 Å². The lowest BCUT2D eigenvalue weighted by Gasteiger charge is -2.22. The minimum Gasteiger partial charge on any atom is -0.497 e. The van der Waals surface area contributed by atoms with Gasteiger partial charge >= 0.3 is 0 Å². The second kappa shape index (κ2) is 6.35. The smallest absolute Gasteiger partial charge is 0.274 e. The third-order valence-electron chi connectivity index (χ3n) is 3.51. The minimum atomic E-state index is -0.702. The lowest BCUT2D eigenvalue weighted by Crippen LogP contribution is -2.44. The molecule has 1 unspecified atom stereocenters. The van der Waals surface area contributed by atoms with Crippen molar-refractivity contribution in [2.24, 2.45) is 0 Å². The van der Waals surface area contributed by atoms with Crippen LogP contribution in [0, 0.1) is 12.3 Å². The van der Waals surface area contributed by atoms with E-state index >= 15 is 0 Å². The zero-order valence-corrected chi connectivity index (χ0v) is 12.8. The van der Waals surface area contributed by atoms with Gasteiger partial charge in [-0.1, -0.05) is 30.1 Å². The van der Waals surface area contributed by atoms with Gasteiger partial charge in [0.25, 0.3) is 5.91 Å². The molecule has 1 heterocycles. The predicted molar refractivity (Wildman–Crippen MR) is 83.5 cm³/mol. The van der Waals surface area contributed by atoms with Crippen molar-refractivity contribution >= 4 is 5.91 Å². The lowest BCUT2D eigenvalue weighted by atomic mass is 10.00. The summed E-state index contributed by atoms with van der Waals surface area (Å²) in [5.41, 5.74) is 0.264. The fourth-order valence-electron chi connectivity index (χ4n) is 1.84. The van der Waals surface area contributed by atoms with Crippen molar-refractivity contribution in [3.05, 3.63) is 36.0 Å². The topological polar surface area (TPSA) is 64.4 Å². The zero-order chi connectivity index (χ0) is 16.2. The monoisotopic (exact) mass is 298 g/mol. The second-order valence-corrected chi connectivity index (χ2v) is 5.09. The van der Waals surface area contributed by atoms with E-state index in [1.807, 2.05) is 25.1 Å². The number of nitrogens with one attached hydrogen (secondary N) is 1. The molecule has 0 saturated heterocycles. The number of carbonyl (C=O) groups is 1. The Kier molecular flexibility index (Phi) is 4.52. The van der Waals surface area contributed by atoms with Gasteiger partial charge in [0.2, 0.25) is 0 Å². The number of ether oxygens (including phenoxy) is 1. The molecule has 22 heavy (non-hydrogen) atoms. The standard InChI is InChI=1S/C17H18N2O3/c1-5-17(3,6-2)18-16(20)14-11-15(22-19-14)12-8-7-9-13(10-12)21-4/h1,7-11H,6H2,2-4H3,(H,18,20). The number of hydrogen-bond acceptors (Lipinski definition) is 4. The van der Waals surface area contributed by atoms with Crippen molar-refractivity contribution in [3.8, 4) is 29.4 Å². The van der Waals surface area contributed by atoms with Crippen LogP contribution in [0.25, 0.3) is 11.3 Å². The molecule has 0 aliphatic carbocycles. The Bertz CT molecular complexity index is 715. The van der Waals surface area contributed by atoms with E-state index in [2.05, 4.69) is 16.4 Å². The minimum absolute atomic E-state index is 0.188. The second-order valence-electron chi connectivity index (χ2n) is 5.09. The molecule has 1 aromatic carbocycles. The molecule has 0 bridgehead atoms. The molecule has 0 spiro atoms. The van der Waals surface area contributed by atoms with Gasteiger partial charge in [0, 0.05) is 11.6 Å². The molecule has 0 aliphatic heterocycles. The zero-order valence-electron chi connectivity index (χ0n) is 12.8. The molecule has 2 aromatic rings. The van der Waals surface area contributed by atoms with Gasteiger partial charge in [-0.15, -0.1) is 6.42 Å². The Morgan fingerprint density at radius 2 is 2.27 bits per heavy atom. The van der Waals surface area contributed by atoms with Crippen LogP contribution in [0.4, 0.5) is 0 Å². The summed E-state index contributed by atoms with van der Waals surface area (Å²) in [6.45, 7) is 3.69. The number of aromatic nitrogens is 1. The fourth-order valence-corrected chi connectivity index (χ4v) is 1.84. The van der Waals surface area contributed by atoms with Crippen LogP contribution < -0.4 is 10.1 Å². The van der Waals surface area contributed by atoms with Crippen LogP contribution in [0.5, 0.6) is 5.75 Å². The third kappa shape index (κ3) is 3.29. The van der Waals surface area contributed by atoms with Crippen molar-refractivity contribution in [2.45, 2.75) is 25.8 Å². The highest BCUT2D eigenvalue weighted by Crippen LogP contribution is 2.24. The maximum absolute atomic E-state index is 12.2. The number of benzene rings is 1. The molecule has 114 valence electrons. The molecule has 0 radical (unpaired) electrons. The molecule has 1 N–H and O–H groups in total. The summed E-state index contributed by atoms with van der Waals surface area (Å²) in [5.74, 6) is 3.40. The molecule has 0 saturated carbocycles. The normalized spacial score (nSPS) is 13.0. The quantitative estimate of drug-likeness (QED) is 0.862. The van der Waals surface area contributed by atoms with Crippen molar-refractivity contribution in [1.82, 2.24) is 10.5 Å². The Labute approximate surface area is 129 Å². The fraction of sp³-hybridized carbons (Fsp3) is 0.294. The van der Waals surface area contributed by atoms with Crippen LogP contribution >= 0.6 is 0 Å². The van der Waals surface area contributed by atoms with Gasteiger partial charge in [-0.3, -0.25) is 4.79 Å². The Hall–Kier alpha value is -2.74. The van der Waals surface area contributed by atoms with E-state index in [1.54, 1.807) is 26.2 Å². The van der Waals surface area contributed by atoms with Gasteiger partial charge in [-0.25, -0.2) is 0 Å². The molecule has 1 aromatic heterocycles. The molecule has 5 nitrogen and oxygen atoms in total. The first-order chi connectivity index (χ1) is 10.5. The van der Waals surface area contributed by atoms with Gasteiger partial charge in [0.05, 0.1) is 12.6 Å². The molecular weight excluding hydrogens is 280 g/mol. The highest BCUT2D eigenvalue weighted by atomic mass is 16.5. The molecule has 5 heteroatoms. The highest BCUT2D eigenvalue weighted by molar-refractivity contribution is 5.93. The first kappa shape index (κ1) is 15.6. The summed E-state index contributed by atoms with van der Waals surface area (Å²) in [7, 11) is 1.59. The SMILES string of the molecule is C#CC(C)(CC)NC(=O)c1cc(-c2cccc(OC)c2)on1. The predicted octanol–water partition coefficient (Wildman–Crippen LogP) is 2.88. The van der Waals surface area contributed by atoms with Crippen LogP contribution in [-0.2, 0) is 0 Å². The van der Waals surface area contributed by atoms with E-state index in [4.69, 9.17) is 15.7 Å². The maximum Gasteiger partial charge on any atom is 0.274 e. The molecule has 2 rings (SSSR count). The van der Waals surface area contributed by atoms with E-state index < -0.39 is 5.54 Å². The van der Waals surface area contributed by atoms with Crippen LogP contribution in [0.2, 0.25) is 0 Å². The Morgan fingerprint density at radius 3 is 2.91 bits per heavy atom. The molecular formula is C17H18N2O3.